The fourth-order valence-electron chi connectivity index (χ4n) is 2.97. The average Bonchev–Trinajstić information content (AvgIpc) is 2.94. The number of likely N-dealkylation sites (tertiary alicyclic amines) is 1. The summed E-state index contributed by atoms with van der Waals surface area (Å²) in [5.41, 5.74) is 0. The Hall–Kier alpha value is -1.34. The topological polar surface area (TPSA) is 88.1 Å². The number of amides is 2. The number of nitrogens with zero attached hydrogens (tertiary/aromatic N) is 1. The molecule has 0 aromatic rings. The Morgan fingerprint density at radius 3 is 2.86 bits per heavy atom. The molecule has 2 N–H and O–H groups in total. The monoisotopic (exact) mass is 300 g/mol. The van der Waals surface area contributed by atoms with Gasteiger partial charge in [-0.25, -0.2) is 9.59 Å². The largest absolute Gasteiger partial charge is 0.479 e. The molecule has 21 heavy (non-hydrogen) atoms. The number of hydrogen-bond acceptors (Lipinski definition) is 4. The van der Waals surface area contributed by atoms with Crippen molar-refractivity contribution in [3.05, 3.63) is 0 Å². The van der Waals surface area contributed by atoms with Crippen LogP contribution in [0.5, 0.6) is 0 Å². The van der Waals surface area contributed by atoms with Gasteiger partial charge >= 0.3 is 12.0 Å². The number of methoxy groups -OCH3 is 1. The van der Waals surface area contributed by atoms with E-state index < -0.39 is 12.1 Å². The second kappa shape index (κ2) is 7.61. The third-order valence-electron chi connectivity index (χ3n) is 4.07. The molecule has 0 saturated carbocycles. The van der Waals surface area contributed by atoms with Crippen molar-refractivity contribution >= 4 is 12.0 Å². The Balaban J connectivity index is 1.71. The summed E-state index contributed by atoms with van der Waals surface area (Å²) in [7, 11) is 1.68. The predicted molar refractivity (Wildman–Crippen MR) is 75.1 cm³/mol. The predicted octanol–water partition coefficient (Wildman–Crippen LogP) is 0.687. The highest BCUT2D eigenvalue weighted by molar-refractivity contribution is 5.74. The third kappa shape index (κ3) is 4.57. The zero-order valence-electron chi connectivity index (χ0n) is 12.4. The second-order valence-electron chi connectivity index (χ2n) is 5.76. The number of ether oxygens (including phenoxy) is 2. The van der Waals surface area contributed by atoms with Crippen molar-refractivity contribution in [2.75, 3.05) is 33.4 Å². The van der Waals surface area contributed by atoms with Crippen LogP contribution in [0.4, 0.5) is 4.79 Å². The Morgan fingerprint density at radius 2 is 2.19 bits per heavy atom. The summed E-state index contributed by atoms with van der Waals surface area (Å²) >= 11 is 0. The lowest BCUT2D eigenvalue weighted by Crippen LogP contribution is -2.47. The van der Waals surface area contributed by atoms with Gasteiger partial charge in [0, 0.05) is 32.7 Å². The fraction of sp³-hybridized carbons (Fsp3) is 0.857. The molecule has 3 atom stereocenters. The first kappa shape index (κ1) is 16.0. The summed E-state index contributed by atoms with van der Waals surface area (Å²) in [6.45, 7) is 2.52. The summed E-state index contributed by atoms with van der Waals surface area (Å²) in [5.74, 6) is -0.532. The van der Waals surface area contributed by atoms with Gasteiger partial charge in [0.25, 0.3) is 0 Å². The van der Waals surface area contributed by atoms with Gasteiger partial charge in [0.1, 0.15) is 0 Å². The van der Waals surface area contributed by atoms with E-state index >= 15 is 0 Å². The van der Waals surface area contributed by atoms with Crippen LogP contribution in [0.25, 0.3) is 0 Å². The lowest BCUT2D eigenvalue weighted by molar-refractivity contribution is -0.149. The maximum absolute atomic E-state index is 12.1. The highest BCUT2D eigenvalue weighted by atomic mass is 16.5. The molecule has 2 heterocycles. The van der Waals surface area contributed by atoms with E-state index in [1.807, 2.05) is 0 Å². The molecule has 0 spiro atoms. The zero-order chi connectivity index (χ0) is 15.2. The van der Waals surface area contributed by atoms with Crippen LogP contribution in [0.2, 0.25) is 0 Å². The van der Waals surface area contributed by atoms with E-state index in [2.05, 4.69) is 5.32 Å². The average molecular weight is 300 g/mol. The van der Waals surface area contributed by atoms with Gasteiger partial charge in [0.2, 0.25) is 0 Å². The van der Waals surface area contributed by atoms with Gasteiger partial charge in [-0.2, -0.15) is 0 Å². The fourth-order valence-corrected chi connectivity index (χ4v) is 2.97. The number of nitrogens with one attached hydrogen (secondary N) is 1. The molecule has 0 aliphatic carbocycles. The molecule has 0 aromatic heterocycles. The number of carbonyl (C=O) groups excluding carboxylic acids is 1. The molecule has 0 bridgehead atoms. The normalized spacial score (nSPS) is 29.4. The van der Waals surface area contributed by atoms with E-state index in [4.69, 9.17) is 14.6 Å². The van der Waals surface area contributed by atoms with Crippen LogP contribution < -0.4 is 5.32 Å². The van der Waals surface area contributed by atoms with Crippen molar-refractivity contribution in [1.29, 1.82) is 0 Å². The molecule has 2 fully saturated rings. The smallest absolute Gasteiger partial charge is 0.332 e. The number of carboxylic acid groups (broad SMARTS) is 1. The lowest BCUT2D eigenvalue weighted by atomic mass is 9.99. The number of aliphatic carboxylic acids is 1. The molecule has 7 heteroatoms. The Labute approximate surface area is 124 Å². The van der Waals surface area contributed by atoms with Gasteiger partial charge in [-0.1, -0.05) is 0 Å². The minimum absolute atomic E-state index is 0.0989. The molecule has 120 valence electrons. The quantitative estimate of drug-likeness (QED) is 0.780. The van der Waals surface area contributed by atoms with Gasteiger partial charge in [-0.15, -0.1) is 0 Å². The van der Waals surface area contributed by atoms with E-state index in [1.54, 1.807) is 12.0 Å². The van der Waals surface area contributed by atoms with E-state index in [1.165, 1.54) is 0 Å². The zero-order valence-corrected chi connectivity index (χ0v) is 12.4. The minimum Gasteiger partial charge on any atom is -0.479 e. The number of carboxylic acids is 1. The standard InChI is InChI=1S/C14H24N2O5/c1-20-9-10-3-2-6-16(8-10)14(19)15-7-11-4-5-12(21-11)13(17)18/h10-12H,2-9H2,1H3,(H,15,19)(H,17,18). The third-order valence-corrected chi connectivity index (χ3v) is 4.07. The van der Waals surface area contributed by atoms with Crippen LogP contribution in [0.3, 0.4) is 0 Å². The first-order valence-corrected chi connectivity index (χ1v) is 7.50. The molecule has 2 aliphatic rings. The first-order valence-electron chi connectivity index (χ1n) is 7.50. The van der Waals surface area contributed by atoms with E-state index in [9.17, 15) is 9.59 Å². The molecule has 3 unspecified atom stereocenters. The van der Waals surface area contributed by atoms with Crippen LogP contribution in [0, 0.1) is 5.92 Å². The van der Waals surface area contributed by atoms with Gasteiger partial charge in [0.15, 0.2) is 6.10 Å². The molecule has 0 aromatic carbocycles. The van der Waals surface area contributed by atoms with Crippen LogP contribution in [0.1, 0.15) is 25.7 Å². The van der Waals surface area contributed by atoms with Crippen molar-refractivity contribution in [2.24, 2.45) is 5.92 Å². The summed E-state index contributed by atoms with van der Waals surface area (Å²) < 4.78 is 10.5. The second-order valence-corrected chi connectivity index (χ2v) is 5.76. The van der Waals surface area contributed by atoms with Crippen molar-refractivity contribution in [3.8, 4) is 0 Å². The van der Waals surface area contributed by atoms with Crippen molar-refractivity contribution in [1.82, 2.24) is 10.2 Å². The number of urea groups is 1. The van der Waals surface area contributed by atoms with E-state index in [-0.39, 0.29) is 12.1 Å². The molecular weight excluding hydrogens is 276 g/mol. The Morgan fingerprint density at radius 1 is 1.38 bits per heavy atom. The van der Waals surface area contributed by atoms with Gasteiger partial charge in [-0.05, 0) is 25.7 Å². The van der Waals surface area contributed by atoms with Crippen LogP contribution in [-0.4, -0.2) is 67.6 Å². The van der Waals surface area contributed by atoms with E-state index in [0.29, 0.717) is 38.5 Å². The number of carbonyl (C=O) groups is 2. The Bertz CT molecular complexity index is 374. The summed E-state index contributed by atoms with van der Waals surface area (Å²) in [6.07, 6.45) is 2.33. The first-order chi connectivity index (χ1) is 10.1. The summed E-state index contributed by atoms with van der Waals surface area (Å²) in [4.78, 5) is 24.7. The number of piperidine rings is 1. The highest BCUT2D eigenvalue weighted by Crippen LogP contribution is 2.20. The van der Waals surface area contributed by atoms with Crippen LogP contribution in [0.15, 0.2) is 0 Å². The summed E-state index contributed by atoms with van der Waals surface area (Å²) in [5, 5.41) is 11.7. The molecule has 0 radical (unpaired) electrons. The van der Waals surface area contributed by atoms with E-state index in [0.717, 1.165) is 19.4 Å². The van der Waals surface area contributed by atoms with Crippen LogP contribution >= 0.6 is 0 Å². The minimum atomic E-state index is -0.928. The van der Waals surface area contributed by atoms with Crippen LogP contribution in [-0.2, 0) is 14.3 Å². The summed E-state index contributed by atoms with van der Waals surface area (Å²) in [6, 6.07) is -0.0989. The molecule has 2 rings (SSSR count). The van der Waals surface area contributed by atoms with Gasteiger partial charge in [0.05, 0.1) is 12.7 Å². The van der Waals surface area contributed by atoms with Crippen molar-refractivity contribution in [3.63, 3.8) is 0 Å². The van der Waals surface area contributed by atoms with Gasteiger partial charge in [-0.3, -0.25) is 0 Å². The molecule has 2 amide bonds. The van der Waals surface area contributed by atoms with Gasteiger partial charge < -0.3 is 24.8 Å². The SMILES string of the molecule is COCC1CCCN(C(=O)NCC2CCC(C(=O)O)O2)C1. The molecule has 2 saturated heterocycles. The lowest BCUT2D eigenvalue weighted by Gasteiger charge is -2.32. The molecule has 2 aliphatic heterocycles. The number of rotatable bonds is 5. The maximum Gasteiger partial charge on any atom is 0.332 e. The molecule has 7 nitrogen and oxygen atoms in total. The molecular formula is C14H24N2O5. The number of hydrogen-bond donors (Lipinski definition) is 2. The highest BCUT2D eigenvalue weighted by Gasteiger charge is 2.31. The van der Waals surface area contributed by atoms with Crippen molar-refractivity contribution < 1.29 is 24.2 Å². The maximum atomic E-state index is 12.1. The van der Waals surface area contributed by atoms with Crippen molar-refractivity contribution in [2.45, 2.75) is 37.9 Å². The Kier molecular flexibility index (Phi) is 5.81.